The van der Waals surface area contributed by atoms with E-state index in [1.54, 1.807) is 0 Å². The molecule has 134 valence electrons. The number of carbonyl (C=O) groups is 2. The normalized spacial score (nSPS) is 25.7. The minimum absolute atomic E-state index is 0.241. The van der Waals surface area contributed by atoms with E-state index in [0.717, 1.165) is 44.1 Å². The van der Waals surface area contributed by atoms with E-state index in [2.05, 4.69) is 18.3 Å². The molecule has 0 saturated heterocycles. The zero-order chi connectivity index (χ0) is 18.0. The molecule has 0 spiro atoms. The van der Waals surface area contributed by atoms with Crippen LogP contribution in [0.5, 0.6) is 0 Å². The van der Waals surface area contributed by atoms with Gasteiger partial charge >= 0.3 is 5.97 Å². The van der Waals surface area contributed by atoms with E-state index >= 15 is 0 Å². The maximum Gasteiger partial charge on any atom is 0.307 e. The maximum atomic E-state index is 12.7. The molecule has 1 aromatic heterocycles. The predicted molar refractivity (Wildman–Crippen MR) is 96.6 cm³/mol. The molecule has 0 radical (unpaired) electrons. The molecule has 3 atom stereocenters. The molecule has 1 saturated carbocycles. The van der Waals surface area contributed by atoms with Gasteiger partial charge in [-0.2, -0.15) is 5.26 Å². The van der Waals surface area contributed by atoms with E-state index < -0.39 is 17.8 Å². The summed E-state index contributed by atoms with van der Waals surface area (Å²) in [4.78, 5) is 25.4. The van der Waals surface area contributed by atoms with E-state index in [4.69, 9.17) is 0 Å². The second kappa shape index (κ2) is 7.57. The molecule has 1 heterocycles. The number of carboxylic acids is 1. The van der Waals surface area contributed by atoms with Crippen LogP contribution in [0.4, 0.5) is 5.00 Å². The zero-order valence-electron chi connectivity index (χ0n) is 14.5. The highest BCUT2D eigenvalue weighted by Crippen LogP contribution is 2.41. The van der Waals surface area contributed by atoms with Gasteiger partial charge in [-0.15, -0.1) is 11.3 Å². The summed E-state index contributed by atoms with van der Waals surface area (Å²) in [5, 5.41) is 22.5. The molecule has 2 aliphatic carbocycles. The highest BCUT2D eigenvalue weighted by molar-refractivity contribution is 7.16. The molecular formula is C19H24N2O3S. The Morgan fingerprint density at radius 1 is 1.28 bits per heavy atom. The molecule has 0 aromatic carbocycles. The van der Waals surface area contributed by atoms with Crippen LogP contribution in [0.1, 0.15) is 61.5 Å². The second-order valence-electron chi connectivity index (χ2n) is 7.16. The Morgan fingerprint density at radius 2 is 2.00 bits per heavy atom. The molecule has 1 fully saturated rings. The summed E-state index contributed by atoms with van der Waals surface area (Å²) in [5.74, 6) is -1.60. The number of nitrogens with one attached hydrogen (secondary N) is 1. The van der Waals surface area contributed by atoms with Crippen LogP contribution in [0.25, 0.3) is 0 Å². The molecule has 0 aliphatic heterocycles. The summed E-state index contributed by atoms with van der Waals surface area (Å²) in [6, 6.07) is 2.26. The van der Waals surface area contributed by atoms with Gasteiger partial charge in [-0.05, 0) is 43.6 Å². The number of hydrogen-bond donors (Lipinski definition) is 2. The summed E-state index contributed by atoms with van der Waals surface area (Å²) in [6.45, 7) is 2.19. The van der Waals surface area contributed by atoms with Gasteiger partial charge in [0.25, 0.3) is 0 Å². The SMILES string of the molecule is CC[C@@H]1CCc2c(sc(NC(=O)[C@H]3CCCC[C@@H]3C(=O)O)c2C#N)C1. The molecule has 1 aromatic rings. The lowest BCUT2D eigenvalue weighted by Crippen LogP contribution is -2.36. The van der Waals surface area contributed by atoms with Crippen molar-refractivity contribution in [3.05, 3.63) is 16.0 Å². The van der Waals surface area contributed by atoms with Crippen LogP contribution < -0.4 is 5.32 Å². The van der Waals surface area contributed by atoms with Crippen molar-refractivity contribution in [1.82, 2.24) is 0 Å². The zero-order valence-corrected chi connectivity index (χ0v) is 15.3. The molecule has 25 heavy (non-hydrogen) atoms. The van der Waals surface area contributed by atoms with E-state index in [0.29, 0.717) is 29.3 Å². The Kier molecular flexibility index (Phi) is 5.43. The number of rotatable bonds is 4. The van der Waals surface area contributed by atoms with Gasteiger partial charge in [-0.25, -0.2) is 0 Å². The number of amides is 1. The molecule has 6 heteroatoms. The first-order valence-corrected chi connectivity index (χ1v) is 9.95. The number of nitrogens with zero attached hydrogens (tertiary/aromatic N) is 1. The van der Waals surface area contributed by atoms with Crippen molar-refractivity contribution < 1.29 is 14.7 Å². The van der Waals surface area contributed by atoms with Gasteiger partial charge in [-0.1, -0.05) is 26.2 Å². The molecule has 0 unspecified atom stereocenters. The number of aliphatic carboxylic acids is 1. The van der Waals surface area contributed by atoms with Crippen LogP contribution in [0.2, 0.25) is 0 Å². The van der Waals surface area contributed by atoms with Gasteiger partial charge < -0.3 is 10.4 Å². The molecule has 1 amide bonds. The minimum atomic E-state index is -0.892. The molecule has 2 aliphatic rings. The second-order valence-corrected chi connectivity index (χ2v) is 8.27. The van der Waals surface area contributed by atoms with Crippen LogP contribution in [-0.4, -0.2) is 17.0 Å². The Bertz CT molecular complexity index is 719. The van der Waals surface area contributed by atoms with Crippen LogP contribution in [-0.2, 0) is 22.4 Å². The van der Waals surface area contributed by atoms with Crippen molar-refractivity contribution in [2.75, 3.05) is 5.32 Å². The number of hydrogen-bond acceptors (Lipinski definition) is 4. The topological polar surface area (TPSA) is 90.2 Å². The van der Waals surface area contributed by atoms with Crippen molar-refractivity contribution in [3.63, 3.8) is 0 Å². The third-order valence-corrected chi connectivity index (χ3v) is 6.88. The summed E-state index contributed by atoms with van der Waals surface area (Å²) < 4.78 is 0. The van der Waals surface area contributed by atoms with Gasteiger partial charge in [0.2, 0.25) is 5.91 Å². The fraction of sp³-hybridized carbons (Fsp3) is 0.632. The molecular weight excluding hydrogens is 336 g/mol. The van der Waals surface area contributed by atoms with Crippen LogP contribution in [0.15, 0.2) is 0 Å². The van der Waals surface area contributed by atoms with Crippen molar-refractivity contribution in [1.29, 1.82) is 5.26 Å². The third-order valence-electron chi connectivity index (χ3n) is 5.71. The fourth-order valence-electron chi connectivity index (χ4n) is 4.15. The number of nitriles is 1. The molecule has 2 N–H and O–H groups in total. The number of anilines is 1. The minimum Gasteiger partial charge on any atom is -0.481 e. The highest BCUT2D eigenvalue weighted by atomic mass is 32.1. The van der Waals surface area contributed by atoms with Crippen molar-refractivity contribution >= 4 is 28.2 Å². The third kappa shape index (κ3) is 3.57. The van der Waals surface area contributed by atoms with Crippen LogP contribution in [0.3, 0.4) is 0 Å². The average molecular weight is 360 g/mol. The fourth-order valence-corrected chi connectivity index (χ4v) is 5.47. The Hall–Kier alpha value is -1.87. The lowest BCUT2D eigenvalue weighted by molar-refractivity contribution is -0.147. The van der Waals surface area contributed by atoms with E-state index in [9.17, 15) is 20.0 Å². The van der Waals surface area contributed by atoms with Crippen molar-refractivity contribution in [2.24, 2.45) is 17.8 Å². The lowest BCUT2D eigenvalue weighted by atomic mass is 9.78. The standard InChI is InChI=1S/C19H24N2O3S/c1-2-11-7-8-12-15(10-20)18(25-16(12)9-11)21-17(22)13-5-3-4-6-14(13)19(23)24/h11,13-14H,2-9H2,1H3,(H,21,22)(H,23,24)/t11-,13+,14+/m1/s1. The molecule has 5 nitrogen and oxygen atoms in total. The number of carbonyl (C=O) groups excluding carboxylic acids is 1. The van der Waals surface area contributed by atoms with Crippen LogP contribution >= 0.6 is 11.3 Å². The van der Waals surface area contributed by atoms with Gasteiger partial charge in [0.1, 0.15) is 11.1 Å². The monoisotopic (exact) mass is 360 g/mol. The number of carboxylic acid groups (broad SMARTS) is 1. The smallest absolute Gasteiger partial charge is 0.307 e. The summed E-state index contributed by atoms with van der Waals surface area (Å²) in [5.41, 5.74) is 1.68. The quantitative estimate of drug-likeness (QED) is 0.850. The molecule has 3 rings (SSSR count). The maximum absolute atomic E-state index is 12.7. The highest BCUT2D eigenvalue weighted by Gasteiger charge is 2.36. The van der Waals surface area contributed by atoms with Gasteiger partial charge in [0.05, 0.1) is 17.4 Å². The summed E-state index contributed by atoms with van der Waals surface area (Å²) in [6.07, 6.45) is 6.98. The van der Waals surface area contributed by atoms with Gasteiger partial charge in [0.15, 0.2) is 0 Å². The molecule has 0 bridgehead atoms. The van der Waals surface area contributed by atoms with Crippen molar-refractivity contribution in [2.45, 2.75) is 58.3 Å². The largest absolute Gasteiger partial charge is 0.481 e. The van der Waals surface area contributed by atoms with Gasteiger partial charge in [-0.3, -0.25) is 9.59 Å². The average Bonchev–Trinajstić information content (AvgIpc) is 2.97. The summed E-state index contributed by atoms with van der Waals surface area (Å²) >= 11 is 1.51. The van der Waals surface area contributed by atoms with Crippen molar-refractivity contribution in [3.8, 4) is 6.07 Å². The summed E-state index contributed by atoms with van der Waals surface area (Å²) in [7, 11) is 0. The first-order chi connectivity index (χ1) is 12.0. The number of thiophene rings is 1. The predicted octanol–water partition coefficient (Wildman–Crippen LogP) is 3.96. The van der Waals surface area contributed by atoms with E-state index in [-0.39, 0.29) is 5.91 Å². The van der Waals surface area contributed by atoms with E-state index in [1.165, 1.54) is 16.2 Å². The first-order valence-electron chi connectivity index (χ1n) is 9.13. The Balaban J connectivity index is 1.81. The first kappa shape index (κ1) is 17.9. The van der Waals surface area contributed by atoms with Gasteiger partial charge in [0, 0.05) is 4.88 Å². The Labute approximate surface area is 152 Å². The van der Waals surface area contributed by atoms with E-state index in [1.807, 2.05) is 0 Å². The van der Waals surface area contributed by atoms with Crippen LogP contribution in [0, 0.1) is 29.1 Å². The lowest BCUT2D eigenvalue weighted by Gasteiger charge is -2.27. The Morgan fingerprint density at radius 3 is 2.64 bits per heavy atom. The number of fused-ring (bicyclic) bond motifs is 1.